The number of aryl methyl sites for hydroxylation is 1. The molecule has 0 amide bonds. The van der Waals surface area contributed by atoms with Crippen LogP contribution in [0, 0.1) is 0 Å². The smallest absolute Gasteiger partial charge is 0.113 e. The number of hydrogen-bond acceptors (Lipinski definition) is 5. The first-order valence-electron chi connectivity index (χ1n) is 7.35. The van der Waals surface area contributed by atoms with Gasteiger partial charge in [0, 0.05) is 19.6 Å². The van der Waals surface area contributed by atoms with Gasteiger partial charge in [0.1, 0.15) is 5.69 Å². The van der Waals surface area contributed by atoms with E-state index in [1.807, 2.05) is 4.68 Å². The van der Waals surface area contributed by atoms with E-state index in [4.69, 9.17) is 4.74 Å². The van der Waals surface area contributed by atoms with Gasteiger partial charge in [0.15, 0.2) is 0 Å². The molecule has 0 bridgehead atoms. The quantitative estimate of drug-likeness (QED) is 0.780. The van der Waals surface area contributed by atoms with E-state index >= 15 is 0 Å². The Kier molecular flexibility index (Phi) is 4.42. The van der Waals surface area contributed by atoms with Crippen LogP contribution in [0.2, 0.25) is 0 Å². The van der Waals surface area contributed by atoms with Gasteiger partial charge in [0.2, 0.25) is 0 Å². The summed E-state index contributed by atoms with van der Waals surface area (Å²) < 4.78 is 7.77. The molecule has 1 aromatic rings. The molecule has 1 fully saturated rings. The van der Waals surface area contributed by atoms with Gasteiger partial charge in [0.25, 0.3) is 0 Å². The molecule has 0 atom stereocenters. The molecule has 106 valence electrons. The predicted molar refractivity (Wildman–Crippen MR) is 71.7 cm³/mol. The summed E-state index contributed by atoms with van der Waals surface area (Å²) in [6, 6.07) is 0. The molecular formula is C13H23N5O. The van der Waals surface area contributed by atoms with Crippen LogP contribution in [-0.4, -0.2) is 52.7 Å². The number of nitrogens with zero attached hydrogens (tertiary/aromatic N) is 4. The highest BCUT2D eigenvalue weighted by atomic mass is 16.5. The van der Waals surface area contributed by atoms with Gasteiger partial charge in [-0.25, -0.2) is 4.68 Å². The zero-order valence-electron chi connectivity index (χ0n) is 11.5. The second-order valence-corrected chi connectivity index (χ2v) is 5.34. The normalized spacial score (nSPS) is 20.4. The van der Waals surface area contributed by atoms with Gasteiger partial charge >= 0.3 is 0 Å². The maximum Gasteiger partial charge on any atom is 0.113 e. The molecule has 0 radical (unpaired) electrons. The first kappa shape index (κ1) is 13.0. The number of aromatic nitrogens is 3. The Morgan fingerprint density at radius 1 is 1.16 bits per heavy atom. The lowest BCUT2D eigenvalue weighted by Crippen LogP contribution is -2.24. The van der Waals surface area contributed by atoms with Gasteiger partial charge in [-0.3, -0.25) is 0 Å². The minimum Gasteiger partial charge on any atom is -0.374 e. The van der Waals surface area contributed by atoms with E-state index in [0.717, 1.165) is 44.9 Å². The number of ether oxygens (including phenoxy) is 1. The topological polar surface area (TPSA) is 55.2 Å². The van der Waals surface area contributed by atoms with Crippen molar-refractivity contribution in [3.63, 3.8) is 0 Å². The Morgan fingerprint density at radius 2 is 2.05 bits per heavy atom. The molecular weight excluding hydrogens is 242 g/mol. The Bertz CT molecular complexity index is 400. The summed E-state index contributed by atoms with van der Waals surface area (Å²) in [6.07, 6.45) is 3.79. The van der Waals surface area contributed by atoms with Gasteiger partial charge in [-0.05, 0) is 38.9 Å². The molecule has 1 saturated heterocycles. The van der Waals surface area contributed by atoms with Crippen LogP contribution in [0.25, 0.3) is 0 Å². The van der Waals surface area contributed by atoms with Crippen molar-refractivity contribution in [2.45, 2.75) is 39.0 Å². The molecule has 0 aliphatic carbocycles. The largest absolute Gasteiger partial charge is 0.374 e. The Balaban J connectivity index is 1.45. The van der Waals surface area contributed by atoms with Gasteiger partial charge in [-0.1, -0.05) is 5.21 Å². The summed E-state index contributed by atoms with van der Waals surface area (Å²) in [5.74, 6) is 0. The number of rotatable bonds is 5. The van der Waals surface area contributed by atoms with Crippen molar-refractivity contribution in [1.82, 2.24) is 25.2 Å². The van der Waals surface area contributed by atoms with Crippen molar-refractivity contribution in [2.75, 3.05) is 32.8 Å². The summed E-state index contributed by atoms with van der Waals surface area (Å²) in [6.45, 7) is 7.76. The fraction of sp³-hybridized carbons (Fsp3) is 0.846. The van der Waals surface area contributed by atoms with Crippen LogP contribution in [0.4, 0.5) is 0 Å². The molecule has 1 N–H and O–H groups in total. The molecule has 3 rings (SSSR count). The van der Waals surface area contributed by atoms with Crippen LogP contribution in [0.1, 0.15) is 30.7 Å². The third kappa shape index (κ3) is 3.32. The number of hydrogen-bond donors (Lipinski definition) is 1. The third-order valence-electron chi connectivity index (χ3n) is 3.92. The maximum absolute atomic E-state index is 5.76. The van der Waals surface area contributed by atoms with Gasteiger partial charge < -0.3 is 15.0 Å². The molecule has 0 aromatic carbocycles. The molecule has 0 unspecified atom stereocenters. The maximum atomic E-state index is 5.76. The van der Waals surface area contributed by atoms with E-state index in [0.29, 0.717) is 6.61 Å². The summed E-state index contributed by atoms with van der Waals surface area (Å²) in [5, 5.41) is 11.9. The third-order valence-corrected chi connectivity index (χ3v) is 3.92. The van der Waals surface area contributed by atoms with E-state index in [-0.39, 0.29) is 0 Å². The Hall–Kier alpha value is -0.980. The monoisotopic (exact) mass is 265 g/mol. The van der Waals surface area contributed by atoms with Gasteiger partial charge in [0.05, 0.1) is 18.9 Å². The van der Waals surface area contributed by atoms with Crippen molar-refractivity contribution in [3.05, 3.63) is 11.4 Å². The zero-order valence-corrected chi connectivity index (χ0v) is 11.5. The average molecular weight is 265 g/mol. The summed E-state index contributed by atoms with van der Waals surface area (Å²) in [7, 11) is 0. The molecule has 0 saturated carbocycles. The van der Waals surface area contributed by atoms with Crippen LogP contribution in [-0.2, 0) is 24.4 Å². The van der Waals surface area contributed by atoms with Crippen LogP contribution >= 0.6 is 0 Å². The SMILES string of the molecule is C1CCN(CCOCc2nnn3c2CNCCC3)C1. The Morgan fingerprint density at radius 3 is 2.95 bits per heavy atom. The second-order valence-electron chi connectivity index (χ2n) is 5.34. The van der Waals surface area contributed by atoms with Crippen molar-refractivity contribution >= 4 is 0 Å². The standard InChI is InChI=1S/C13H23N5O/c1-2-6-17(5-1)8-9-19-11-12-13-10-14-4-3-7-18(13)16-15-12/h14H,1-11H2. The van der Waals surface area contributed by atoms with E-state index in [1.54, 1.807) is 0 Å². The molecule has 2 aliphatic rings. The molecule has 1 aromatic heterocycles. The highest BCUT2D eigenvalue weighted by Gasteiger charge is 2.15. The van der Waals surface area contributed by atoms with E-state index < -0.39 is 0 Å². The molecule has 6 heteroatoms. The van der Waals surface area contributed by atoms with Gasteiger partial charge in [-0.15, -0.1) is 5.10 Å². The summed E-state index contributed by atoms with van der Waals surface area (Å²) in [5.41, 5.74) is 2.19. The average Bonchev–Trinajstić information content (AvgIpc) is 3.00. The fourth-order valence-corrected chi connectivity index (χ4v) is 2.78. The highest BCUT2D eigenvalue weighted by Crippen LogP contribution is 2.11. The van der Waals surface area contributed by atoms with Crippen LogP contribution in [0.15, 0.2) is 0 Å². The first-order chi connectivity index (χ1) is 9.43. The van der Waals surface area contributed by atoms with E-state index in [9.17, 15) is 0 Å². The predicted octanol–water partition coefficient (Wildman–Crippen LogP) is 0.384. The summed E-state index contributed by atoms with van der Waals surface area (Å²) in [4.78, 5) is 2.47. The second kappa shape index (κ2) is 6.45. The van der Waals surface area contributed by atoms with Crippen LogP contribution in [0.5, 0.6) is 0 Å². The number of nitrogens with one attached hydrogen (secondary N) is 1. The van der Waals surface area contributed by atoms with Crippen molar-refractivity contribution < 1.29 is 4.74 Å². The molecule has 0 spiro atoms. The van der Waals surface area contributed by atoms with Gasteiger partial charge in [-0.2, -0.15) is 0 Å². The lowest BCUT2D eigenvalue weighted by atomic mass is 10.3. The number of fused-ring (bicyclic) bond motifs is 1. The molecule has 6 nitrogen and oxygen atoms in total. The molecule has 19 heavy (non-hydrogen) atoms. The zero-order chi connectivity index (χ0) is 12.9. The van der Waals surface area contributed by atoms with Crippen LogP contribution in [0.3, 0.4) is 0 Å². The van der Waals surface area contributed by atoms with Crippen molar-refractivity contribution in [2.24, 2.45) is 0 Å². The Labute approximate surface area is 114 Å². The van der Waals surface area contributed by atoms with E-state index in [1.165, 1.54) is 31.6 Å². The molecule has 2 aliphatic heterocycles. The molecule has 3 heterocycles. The fourth-order valence-electron chi connectivity index (χ4n) is 2.78. The summed E-state index contributed by atoms with van der Waals surface area (Å²) >= 11 is 0. The lowest BCUT2D eigenvalue weighted by Gasteiger charge is -2.14. The number of likely N-dealkylation sites (tertiary alicyclic amines) is 1. The lowest BCUT2D eigenvalue weighted by molar-refractivity contribution is 0.0965. The van der Waals surface area contributed by atoms with Crippen molar-refractivity contribution in [1.29, 1.82) is 0 Å². The first-order valence-corrected chi connectivity index (χ1v) is 7.35. The minimum atomic E-state index is 0.588. The minimum absolute atomic E-state index is 0.588. The van der Waals surface area contributed by atoms with Crippen molar-refractivity contribution in [3.8, 4) is 0 Å². The van der Waals surface area contributed by atoms with E-state index in [2.05, 4.69) is 20.5 Å². The highest BCUT2D eigenvalue weighted by molar-refractivity contribution is 5.09. The van der Waals surface area contributed by atoms with Crippen LogP contribution < -0.4 is 5.32 Å².